The third-order valence-electron chi connectivity index (χ3n) is 5.69. The summed E-state index contributed by atoms with van der Waals surface area (Å²) in [5.74, 6) is 0.453. The first kappa shape index (κ1) is 19.7. The van der Waals surface area contributed by atoms with Gasteiger partial charge in [-0.05, 0) is 73.6 Å². The van der Waals surface area contributed by atoms with Crippen LogP contribution >= 0.6 is 11.3 Å². The molecule has 0 fully saturated rings. The lowest BCUT2D eigenvalue weighted by Gasteiger charge is -2.16. The van der Waals surface area contributed by atoms with E-state index < -0.39 is 0 Å². The van der Waals surface area contributed by atoms with Crippen LogP contribution in [0.4, 0.5) is 11.5 Å². The molecule has 0 saturated carbocycles. The van der Waals surface area contributed by atoms with E-state index >= 15 is 0 Å². The van der Waals surface area contributed by atoms with Gasteiger partial charge in [-0.15, -0.1) is 11.3 Å². The topological polar surface area (TPSA) is 64.1 Å². The maximum atomic E-state index is 11.9. The molecule has 5 nitrogen and oxygen atoms in total. The third-order valence-corrected chi connectivity index (χ3v) is 6.57. The van der Waals surface area contributed by atoms with Gasteiger partial charge in [0.15, 0.2) is 0 Å². The lowest BCUT2D eigenvalue weighted by atomic mass is 9.89. The fraction of sp³-hybridized carbons (Fsp3) is 0.240. The predicted molar refractivity (Wildman–Crippen MR) is 125 cm³/mol. The summed E-state index contributed by atoms with van der Waals surface area (Å²) in [4.78, 5) is 21.9. The Labute approximate surface area is 185 Å². The Hall–Kier alpha value is -3.25. The summed E-state index contributed by atoms with van der Waals surface area (Å²) in [7, 11) is 0. The van der Waals surface area contributed by atoms with Crippen molar-refractivity contribution in [1.82, 2.24) is 9.97 Å². The van der Waals surface area contributed by atoms with Gasteiger partial charge in [-0.2, -0.15) is 0 Å². The second-order valence-electron chi connectivity index (χ2n) is 7.67. The number of hydrogen-bond donors (Lipinski definition) is 1. The average Bonchev–Trinajstić information content (AvgIpc) is 3.25. The van der Waals surface area contributed by atoms with E-state index in [1.165, 1.54) is 36.0 Å². The van der Waals surface area contributed by atoms with Crippen LogP contribution in [-0.2, 0) is 17.6 Å². The minimum atomic E-state index is -0.314. The Morgan fingerprint density at radius 2 is 1.87 bits per heavy atom. The van der Waals surface area contributed by atoms with Crippen molar-refractivity contribution in [3.8, 4) is 11.1 Å². The van der Waals surface area contributed by atoms with E-state index in [4.69, 9.17) is 4.74 Å². The normalized spacial score (nSPS) is 13.1. The number of ether oxygens (including phenoxy) is 1. The molecule has 0 atom stereocenters. The molecular weight excluding hydrogens is 406 g/mol. The molecule has 0 unspecified atom stereocenters. The van der Waals surface area contributed by atoms with Crippen LogP contribution in [0.5, 0.6) is 0 Å². The first-order valence-corrected chi connectivity index (χ1v) is 11.5. The van der Waals surface area contributed by atoms with Crippen molar-refractivity contribution in [1.29, 1.82) is 0 Å². The Balaban J connectivity index is 1.49. The molecule has 4 aromatic rings. The number of nitrogens with zero attached hydrogens (tertiary/aromatic N) is 2. The molecule has 2 aromatic heterocycles. The number of carbonyl (C=O) groups excluding carboxylic acids is 1. The van der Waals surface area contributed by atoms with Crippen molar-refractivity contribution < 1.29 is 9.53 Å². The standard InChI is InChI=1S/C25H23N3O2S/c1-2-30-25(29)17-9-11-20(12-10-17)28-23-22-21(14-31-24(22)27-15-26-23)19-8-7-16-5-3-4-6-18(16)13-19/h7-15H,2-6H2,1H3,(H,26,27,28). The maximum absolute atomic E-state index is 11.9. The molecule has 2 aromatic carbocycles. The van der Waals surface area contributed by atoms with Crippen LogP contribution in [0, 0.1) is 0 Å². The van der Waals surface area contributed by atoms with Crippen molar-refractivity contribution in [2.75, 3.05) is 11.9 Å². The molecule has 0 aliphatic heterocycles. The van der Waals surface area contributed by atoms with Crippen molar-refractivity contribution in [3.05, 3.63) is 70.9 Å². The number of aryl methyl sites for hydroxylation is 2. The zero-order valence-corrected chi connectivity index (χ0v) is 18.2. The number of benzene rings is 2. The summed E-state index contributed by atoms with van der Waals surface area (Å²) in [6.07, 6.45) is 6.46. The van der Waals surface area contributed by atoms with Gasteiger partial charge >= 0.3 is 5.97 Å². The Morgan fingerprint density at radius 1 is 1.06 bits per heavy atom. The predicted octanol–water partition coefficient (Wildman–Crippen LogP) is 6.16. The van der Waals surface area contributed by atoms with Crippen molar-refractivity contribution in [3.63, 3.8) is 0 Å². The fourth-order valence-corrected chi connectivity index (χ4v) is 5.04. The molecule has 2 heterocycles. The number of thiophene rings is 1. The molecule has 0 bridgehead atoms. The molecule has 0 radical (unpaired) electrons. The van der Waals surface area contributed by atoms with E-state index in [0.29, 0.717) is 12.2 Å². The smallest absolute Gasteiger partial charge is 0.338 e. The summed E-state index contributed by atoms with van der Waals surface area (Å²) in [6, 6.07) is 14.1. The van der Waals surface area contributed by atoms with Gasteiger partial charge in [0.1, 0.15) is 17.0 Å². The van der Waals surface area contributed by atoms with Crippen LogP contribution in [0.3, 0.4) is 0 Å². The number of hydrogen-bond acceptors (Lipinski definition) is 6. The van der Waals surface area contributed by atoms with E-state index in [9.17, 15) is 4.79 Å². The van der Waals surface area contributed by atoms with Gasteiger partial charge < -0.3 is 10.1 Å². The third kappa shape index (κ3) is 3.91. The van der Waals surface area contributed by atoms with E-state index in [1.54, 1.807) is 36.7 Å². The number of nitrogens with one attached hydrogen (secondary N) is 1. The van der Waals surface area contributed by atoms with Crippen molar-refractivity contribution >= 4 is 39.0 Å². The molecule has 1 aliphatic rings. The molecule has 1 aliphatic carbocycles. The van der Waals surface area contributed by atoms with Crippen LogP contribution in [-0.4, -0.2) is 22.5 Å². The molecule has 0 amide bonds. The number of fused-ring (bicyclic) bond motifs is 2. The Bertz CT molecular complexity index is 1250. The van der Waals surface area contributed by atoms with Crippen LogP contribution < -0.4 is 5.32 Å². The van der Waals surface area contributed by atoms with E-state index in [-0.39, 0.29) is 5.97 Å². The molecule has 0 saturated heterocycles. The quantitative estimate of drug-likeness (QED) is 0.385. The summed E-state index contributed by atoms with van der Waals surface area (Å²) in [6.45, 7) is 2.16. The van der Waals surface area contributed by atoms with Gasteiger partial charge in [-0.3, -0.25) is 0 Å². The van der Waals surface area contributed by atoms with Gasteiger partial charge in [0.05, 0.1) is 17.6 Å². The molecule has 0 spiro atoms. The lowest BCUT2D eigenvalue weighted by molar-refractivity contribution is 0.0526. The van der Waals surface area contributed by atoms with Crippen LogP contribution in [0.15, 0.2) is 54.2 Å². The Morgan fingerprint density at radius 3 is 2.68 bits per heavy atom. The number of anilines is 2. The molecule has 31 heavy (non-hydrogen) atoms. The van der Waals surface area contributed by atoms with Gasteiger partial charge in [-0.1, -0.05) is 18.2 Å². The molecule has 156 valence electrons. The summed E-state index contributed by atoms with van der Waals surface area (Å²) in [5.41, 5.74) is 6.69. The number of esters is 1. The second-order valence-corrected chi connectivity index (χ2v) is 8.52. The highest BCUT2D eigenvalue weighted by atomic mass is 32.1. The first-order chi connectivity index (χ1) is 15.2. The van der Waals surface area contributed by atoms with E-state index in [2.05, 4.69) is 38.9 Å². The highest BCUT2D eigenvalue weighted by Gasteiger charge is 2.16. The van der Waals surface area contributed by atoms with Gasteiger partial charge in [-0.25, -0.2) is 14.8 Å². The monoisotopic (exact) mass is 429 g/mol. The summed E-state index contributed by atoms with van der Waals surface area (Å²) < 4.78 is 5.06. The zero-order valence-electron chi connectivity index (χ0n) is 17.4. The zero-order chi connectivity index (χ0) is 21.2. The first-order valence-electron chi connectivity index (χ1n) is 10.6. The average molecular weight is 430 g/mol. The fourth-order valence-electron chi connectivity index (χ4n) is 4.12. The number of carbonyl (C=O) groups is 1. The van der Waals surface area contributed by atoms with Gasteiger partial charge in [0.25, 0.3) is 0 Å². The van der Waals surface area contributed by atoms with E-state index in [1.807, 2.05) is 12.1 Å². The largest absolute Gasteiger partial charge is 0.462 e. The minimum absolute atomic E-state index is 0.314. The van der Waals surface area contributed by atoms with Crippen LogP contribution in [0.2, 0.25) is 0 Å². The lowest BCUT2D eigenvalue weighted by Crippen LogP contribution is -2.04. The van der Waals surface area contributed by atoms with Crippen molar-refractivity contribution in [2.45, 2.75) is 32.6 Å². The van der Waals surface area contributed by atoms with Crippen molar-refractivity contribution in [2.24, 2.45) is 0 Å². The molecule has 1 N–H and O–H groups in total. The number of aromatic nitrogens is 2. The SMILES string of the molecule is CCOC(=O)c1ccc(Nc2ncnc3scc(-c4ccc5c(c4)CCCC5)c23)cc1. The van der Waals surface area contributed by atoms with Crippen LogP contribution in [0.1, 0.15) is 41.3 Å². The second kappa shape index (κ2) is 8.47. The molecular formula is C25H23N3O2S. The maximum Gasteiger partial charge on any atom is 0.338 e. The van der Waals surface area contributed by atoms with Gasteiger partial charge in [0.2, 0.25) is 0 Å². The number of rotatable bonds is 5. The minimum Gasteiger partial charge on any atom is -0.462 e. The van der Waals surface area contributed by atoms with Crippen LogP contribution in [0.25, 0.3) is 21.3 Å². The van der Waals surface area contributed by atoms with E-state index in [0.717, 1.165) is 33.7 Å². The Kier molecular flexibility index (Phi) is 5.38. The van der Waals surface area contributed by atoms with Gasteiger partial charge in [0, 0.05) is 16.6 Å². The summed E-state index contributed by atoms with van der Waals surface area (Å²) >= 11 is 1.63. The molecule has 5 rings (SSSR count). The highest BCUT2D eigenvalue weighted by Crippen LogP contribution is 2.38. The summed E-state index contributed by atoms with van der Waals surface area (Å²) in [5, 5.41) is 6.60. The highest BCUT2D eigenvalue weighted by molar-refractivity contribution is 7.17. The molecule has 6 heteroatoms.